The zero-order valence-corrected chi connectivity index (χ0v) is 11.4. The van der Waals surface area contributed by atoms with Gasteiger partial charge in [-0.05, 0) is 36.8 Å². The molecule has 0 fully saturated rings. The normalized spacial score (nSPS) is 10.4. The van der Waals surface area contributed by atoms with Crippen LogP contribution in [0.2, 0.25) is 0 Å². The smallest absolute Gasteiger partial charge is 0.266 e. The maximum atomic E-state index is 11.3. The van der Waals surface area contributed by atoms with Crippen LogP contribution in [0.25, 0.3) is 11.3 Å². The topological polar surface area (TPSA) is 44.1 Å². The summed E-state index contributed by atoms with van der Waals surface area (Å²) >= 11 is 5.58. The minimum atomic E-state index is -0.121. The Bertz CT molecular complexity index is 593. The first kappa shape index (κ1) is 13.6. The first-order valence-corrected chi connectivity index (χ1v) is 6.58. The van der Waals surface area contributed by atoms with Gasteiger partial charge in [-0.2, -0.15) is 5.10 Å². The first-order valence-electron chi connectivity index (χ1n) is 6.04. The molecule has 1 heterocycles. The first-order chi connectivity index (χ1) is 9.20. The van der Waals surface area contributed by atoms with Crippen LogP contribution in [0.4, 0.5) is 0 Å². The molecule has 1 aromatic heterocycles. The quantitative estimate of drug-likeness (QED) is 0.623. The summed E-state index contributed by atoms with van der Waals surface area (Å²) in [5.41, 5.74) is 1.58. The van der Waals surface area contributed by atoms with Gasteiger partial charge in [0.1, 0.15) is 5.75 Å². The van der Waals surface area contributed by atoms with Gasteiger partial charge in [0.25, 0.3) is 5.56 Å². The van der Waals surface area contributed by atoms with E-state index in [1.807, 2.05) is 24.3 Å². The molecule has 0 amide bonds. The second kappa shape index (κ2) is 6.38. The zero-order valence-electron chi connectivity index (χ0n) is 10.7. The molecule has 0 saturated heterocycles. The summed E-state index contributed by atoms with van der Waals surface area (Å²) in [6, 6.07) is 10.8. The van der Waals surface area contributed by atoms with Crippen molar-refractivity contribution >= 4 is 11.6 Å². The Morgan fingerprint density at radius 2 is 1.95 bits per heavy atom. The number of ether oxygens (including phenoxy) is 1. The maximum Gasteiger partial charge on any atom is 0.266 e. The van der Waals surface area contributed by atoms with Crippen molar-refractivity contribution in [1.82, 2.24) is 9.78 Å². The van der Waals surface area contributed by atoms with Gasteiger partial charge in [-0.15, -0.1) is 11.6 Å². The van der Waals surface area contributed by atoms with E-state index >= 15 is 0 Å². The summed E-state index contributed by atoms with van der Waals surface area (Å²) in [5, 5.41) is 4.19. The van der Waals surface area contributed by atoms with E-state index in [1.165, 1.54) is 10.7 Å². The van der Waals surface area contributed by atoms with E-state index in [2.05, 4.69) is 5.10 Å². The van der Waals surface area contributed by atoms with Crippen molar-refractivity contribution in [3.8, 4) is 17.0 Å². The molecule has 19 heavy (non-hydrogen) atoms. The molecule has 0 aliphatic carbocycles. The molecular weight excluding hydrogens is 264 g/mol. The van der Waals surface area contributed by atoms with E-state index in [4.69, 9.17) is 16.3 Å². The zero-order chi connectivity index (χ0) is 13.7. The van der Waals surface area contributed by atoms with Gasteiger partial charge in [0, 0.05) is 24.6 Å². The Morgan fingerprint density at radius 1 is 1.21 bits per heavy atom. The van der Waals surface area contributed by atoms with Gasteiger partial charge in [0.05, 0.1) is 12.3 Å². The Morgan fingerprint density at radius 3 is 2.58 bits per heavy atom. The minimum absolute atomic E-state index is 0.121. The molecule has 0 saturated carbocycles. The number of benzene rings is 1. The SMILES string of the molecule is Cn1nc(-c2ccc(OCCCCl)cc2)ccc1=O. The summed E-state index contributed by atoms with van der Waals surface area (Å²) in [4.78, 5) is 11.3. The highest BCUT2D eigenvalue weighted by molar-refractivity contribution is 6.17. The van der Waals surface area contributed by atoms with Gasteiger partial charge in [-0.1, -0.05) is 0 Å². The molecule has 0 aliphatic heterocycles. The highest BCUT2D eigenvalue weighted by Gasteiger charge is 2.02. The summed E-state index contributed by atoms with van der Waals surface area (Å²) in [5.74, 6) is 1.40. The fourth-order valence-corrected chi connectivity index (χ4v) is 1.73. The van der Waals surface area contributed by atoms with Crippen molar-refractivity contribution in [2.75, 3.05) is 12.5 Å². The fourth-order valence-electron chi connectivity index (χ4n) is 1.62. The third kappa shape index (κ3) is 3.58. The highest BCUT2D eigenvalue weighted by Crippen LogP contribution is 2.19. The van der Waals surface area contributed by atoms with Crippen LogP contribution >= 0.6 is 11.6 Å². The lowest BCUT2D eigenvalue weighted by atomic mass is 10.1. The van der Waals surface area contributed by atoms with E-state index in [0.29, 0.717) is 12.5 Å². The molecule has 5 heteroatoms. The van der Waals surface area contributed by atoms with Crippen molar-refractivity contribution < 1.29 is 4.74 Å². The molecule has 2 aromatic rings. The molecule has 2 rings (SSSR count). The fraction of sp³-hybridized carbons (Fsp3) is 0.286. The van der Waals surface area contributed by atoms with Crippen molar-refractivity contribution in [2.24, 2.45) is 7.05 Å². The van der Waals surface area contributed by atoms with Crippen LogP contribution in [0.5, 0.6) is 5.75 Å². The number of halogens is 1. The minimum Gasteiger partial charge on any atom is -0.494 e. The number of aryl methyl sites for hydroxylation is 1. The lowest BCUT2D eigenvalue weighted by Crippen LogP contribution is -2.18. The predicted molar refractivity (Wildman–Crippen MR) is 75.7 cm³/mol. The summed E-state index contributed by atoms with van der Waals surface area (Å²) in [6.45, 7) is 0.612. The Balaban J connectivity index is 2.13. The van der Waals surface area contributed by atoms with Crippen LogP contribution in [-0.2, 0) is 7.05 Å². The van der Waals surface area contributed by atoms with Gasteiger partial charge >= 0.3 is 0 Å². The van der Waals surface area contributed by atoms with Crippen LogP contribution in [0.15, 0.2) is 41.2 Å². The monoisotopic (exact) mass is 278 g/mol. The molecule has 0 radical (unpaired) electrons. The Labute approximate surface area is 116 Å². The summed E-state index contributed by atoms with van der Waals surface area (Å²) in [6.07, 6.45) is 0.825. The molecule has 4 nitrogen and oxygen atoms in total. The number of alkyl halides is 1. The number of nitrogens with zero attached hydrogens (tertiary/aromatic N) is 2. The summed E-state index contributed by atoms with van der Waals surface area (Å²) in [7, 11) is 1.63. The lowest BCUT2D eigenvalue weighted by Gasteiger charge is -2.06. The van der Waals surface area contributed by atoms with E-state index in [-0.39, 0.29) is 5.56 Å². The molecule has 0 spiro atoms. The number of rotatable bonds is 5. The Kier molecular flexibility index (Phi) is 4.58. The predicted octanol–water partition coefficient (Wildman–Crippen LogP) is 2.46. The second-order valence-corrected chi connectivity index (χ2v) is 4.47. The molecule has 0 aliphatic rings. The van der Waals surface area contributed by atoms with Crippen molar-refractivity contribution in [3.63, 3.8) is 0 Å². The molecule has 0 N–H and O–H groups in total. The van der Waals surface area contributed by atoms with E-state index in [0.717, 1.165) is 23.4 Å². The number of hydrogen-bond acceptors (Lipinski definition) is 3. The van der Waals surface area contributed by atoms with Crippen molar-refractivity contribution in [3.05, 3.63) is 46.8 Å². The van der Waals surface area contributed by atoms with Crippen LogP contribution in [0, 0.1) is 0 Å². The van der Waals surface area contributed by atoms with Gasteiger partial charge in [0.15, 0.2) is 0 Å². The molecule has 0 atom stereocenters. The second-order valence-electron chi connectivity index (χ2n) is 4.10. The highest BCUT2D eigenvalue weighted by atomic mass is 35.5. The lowest BCUT2D eigenvalue weighted by molar-refractivity contribution is 0.318. The number of aromatic nitrogens is 2. The summed E-state index contributed by atoms with van der Waals surface area (Å²) < 4.78 is 6.84. The van der Waals surface area contributed by atoms with Crippen LogP contribution < -0.4 is 10.3 Å². The van der Waals surface area contributed by atoms with Crippen molar-refractivity contribution in [2.45, 2.75) is 6.42 Å². The van der Waals surface area contributed by atoms with Gasteiger partial charge in [0.2, 0.25) is 0 Å². The van der Waals surface area contributed by atoms with Crippen LogP contribution in [0.3, 0.4) is 0 Å². The third-order valence-corrected chi connectivity index (χ3v) is 2.92. The molecule has 0 bridgehead atoms. The molecule has 100 valence electrons. The molecule has 1 aromatic carbocycles. The molecule has 0 unspecified atom stereocenters. The van der Waals surface area contributed by atoms with E-state index < -0.39 is 0 Å². The average molecular weight is 279 g/mol. The average Bonchev–Trinajstić information content (AvgIpc) is 2.43. The largest absolute Gasteiger partial charge is 0.494 e. The number of hydrogen-bond donors (Lipinski definition) is 0. The van der Waals surface area contributed by atoms with Crippen LogP contribution in [-0.4, -0.2) is 22.3 Å². The van der Waals surface area contributed by atoms with E-state index in [9.17, 15) is 4.79 Å². The Hall–Kier alpha value is -1.81. The maximum absolute atomic E-state index is 11.3. The third-order valence-electron chi connectivity index (χ3n) is 2.66. The standard InChI is InChI=1S/C14H15ClN2O2/c1-17-14(18)8-7-13(16-17)11-3-5-12(6-4-11)19-10-2-9-15/h3-8H,2,9-10H2,1H3. The van der Waals surface area contributed by atoms with Gasteiger partial charge in [-0.25, -0.2) is 4.68 Å². The van der Waals surface area contributed by atoms with Gasteiger partial charge in [-0.3, -0.25) is 4.79 Å². The molecular formula is C14H15ClN2O2. The van der Waals surface area contributed by atoms with Gasteiger partial charge < -0.3 is 4.74 Å². The van der Waals surface area contributed by atoms with E-state index in [1.54, 1.807) is 13.1 Å². The van der Waals surface area contributed by atoms with Crippen LogP contribution in [0.1, 0.15) is 6.42 Å². The van der Waals surface area contributed by atoms with Crippen molar-refractivity contribution in [1.29, 1.82) is 0 Å².